The molecular weight excluding hydrogens is 811 g/mol. The van der Waals surface area contributed by atoms with Gasteiger partial charge in [-0.2, -0.15) is 0 Å². The summed E-state index contributed by atoms with van der Waals surface area (Å²) in [6, 6.07) is 10.4. The molecule has 6 aliphatic rings. The highest BCUT2D eigenvalue weighted by Gasteiger charge is 2.49. The van der Waals surface area contributed by atoms with Gasteiger partial charge in [0, 0.05) is 24.5 Å². The molecule has 2 saturated heterocycles. The van der Waals surface area contributed by atoms with Crippen LogP contribution in [0.2, 0.25) is 0 Å². The van der Waals surface area contributed by atoms with Gasteiger partial charge >= 0.3 is 0 Å². The summed E-state index contributed by atoms with van der Waals surface area (Å²) in [5.41, 5.74) is -1.24. The Morgan fingerprint density at radius 1 is 0.629 bits per heavy atom. The molecule has 2 aromatic heterocycles. The Bertz CT molecular complexity index is 2440. The highest BCUT2D eigenvalue weighted by atomic mass is 19.1. The first-order valence-corrected chi connectivity index (χ1v) is 20.7. The van der Waals surface area contributed by atoms with Crippen LogP contribution in [0.3, 0.4) is 0 Å². The van der Waals surface area contributed by atoms with E-state index in [0.29, 0.717) is 11.1 Å². The van der Waals surface area contributed by atoms with Crippen molar-refractivity contribution < 1.29 is 47.6 Å². The minimum absolute atomic E-state index is 0.0408. The van der Waals surface area contributed by atoms with Crippen LogP contribution < -0.4 is 21.5 Å². The number of nitrogens with one attached hydrogen (secondary N) is 2. The largest absolute Gasteiger partial charge is 0.503 e. The third-order valence-electron chi connectivity index (χ3n) is 12.8. The third kappa shape index (κ3) is 7.19. The van der Waals surface area contributed by atoms with Gasteiger partial charge in [0.1, 0.15) is 22.8 Å². The smallest absolute Gasteiger partial charge is 0.276 e. The number of pyridine rings is 2. The summed E-state index contributed by atoms with van der Waals surface area (Å²) < 4.78 is 41.1. The molecule has 0 spiro atoms. The molecule has 2 aromatic carbocycles. The van der Waals surface area contributed by atoms with Crippen molar-refractivity contribution in [1.82, 2.24) is 29.6 Å². The number of nitrogens with zero attached hydrogens (tertiary/aromatic N) is 4. The second kappa shape index (κ2) is 15.8. The second-order valence-electron chi connectivity index (χ2n) is 16.7. The van der Waals surface area contributed by atoms with E-state index in [1.54, 1.807) is 47.9 Å². The number of fused-ring (bicyclic) bond motifs is 10. The van der Waals surface area contributed by atoms with E-state index in [1.807, 2.05) is 0 Å². The van der Waals surface area contributed by atoms with Gasteiger partial charge in [-0.15, -0.1) is 0 Å². The molecule has 4 fully saturated rings. The van der Waals surface area contributed by atoms with Gasteiger partial charge in [-0.05, 0) is 87.8 Å². The SMILES string of the molecule is C[C@@H](NC(=O)c1cn2c(c(O)c1=O)C(=O)N1[C@@H]3CC[C@@H](C3)O[C@H]1C2)c1ccc(F)cc1.C[C@@H](NC(=O)c1cn2c(c(O)c1=O)C(=O)N1[C@H]3CC[C@H](C3)O[C@@H]1C2)c1ccc(F)cc1. The Morgan fingerprint density at radius 2 is 1.00 bits per heavy atom. The van der Waals surface area contributed by atoms with E-state index in [0.717, 1.165) is 38.5 Å². The predicted molar refractivity (Wildman–Crippen MR) is 214 cm³/mol. The Hall–Kier alpha value is -6.40. The highest BCUT2D eigenvalue weighted by Crippen LogP contribution is 2.40. The van der Waals surface area contributed by atoms with Gasteiger partial charge in [-0.25, -0.2) is 8.78 Å². The molecule has 8 atom stereocenters. The number of hydrogen-bond acceptors (Lipinski definition) is 10. The Kier molecular flexibility index (Phi) is 10.5. The van der Waals surface area contributed by atoms with Gasteiger partial charge in [0.05, 0.1) is 37.4 Å². The number of rotatable bonds is 6. The monoisotopic (exact) mass is 854 g/mol. The first kappa shape index (κ1) is 41.0. The van der Waals surface area contributed by atoms with Crippen LogP contribution in [0.4, 0.5) is 8.78 Å². The summed E-state index contributed by atoms with van der Waals surface area (Å²) in [4.78, 5) is 80.5. The van der Waals surface area contributed by atoms with E-state index in [9.17, 15) is 47.8 Å². The average Bonchev–Trinajstić information content (AvgIpc) is 3.81. The van der Waals surface area contributed by atoms with Gasteiger partial charge in [0.2, 0.25) is 10.9 Å². The van der Waals surface area contributed by atoms with Crippen molar-refractivity contribution in [2.45, 2.75) is 114 Å². The molecule has 4 N–H and O–H groups in total. The van der Waals surface area contributed by atoms with Crippen LogP contribution in [0.5, 0.6) is 11.5 Å². The molecule has 4 aliphatic heterocycles. The molecule has 0 radical (unpaired) electrons. The molecule has 4 bridgehead atoms. The molecule has 62 heavy (non-hydrogen) atoms. The molecule has 2 aliphatic carbocycles. The fourth-order valence-electron chi connectivity index (χ4n) is 9.65. The number of hydrogen-bond donors (Lipinski definition) is 4. The van der Waals surface area contributed by atoms with Gasteiger partial charge in [-0.1, -0.05) is 24.3 Å². The van der Waals surface area contributed by atoms with Crippen molar-refractivity contribution in [2.24, 2.45) is 0 Å². The van der Waals surface area contributed by atoms with Crippen LogP contribution in [0.25, 0.3) is 0 Å². The number of halogens is 2. The van der Waals surface area contributed by atoms with Gasteiger partial charge in [0.25, 0.3) is 23.6 Å². The van der Waals surface area contributed by atoms with Crippen molar-refractivity contribution in [3.63, 3.8) is 0 Å². The standard InChI is InChI=1S/2C22H22FN3O5/c2*1-11(12-2-4-13(23)5-3-12)24-21(29)16-9-25-10-17-26(14-6-7-15(8-14)31-17)22(30)18(25)20(28)19(16)27/h2*2-5,9,11,14-15,17,28H,6-8,10H2,1H3,(H,24,29)/t11-,14+,15-,17-;11-,14-,15+,17+/m11/s1. The lowest BCUT2D eigenvalue weighted by Gasteiger charge is -2.44. The third-order valence-corrected chi connectivity index (χ3v) is 12.8. The summed E-state index contributed by atoms with van der Waals surface area (Å²) in [6.45, 7) is 3.87. The number of ether oxygens (including phenoxy) is 2. The van der Waals surface area contributed by atoms with E-state index in [2.05, 4.69) is 10.6 Å². The summed E-state index contributed by atoms with van der Waals surface area (Å²) >= 11 is 0. The van der Waals surface area contributed by atoms with Crippen LogP contribution in [0, 0.1) is 11.6 Å². The molecule has 6 heterocycles. The van der Waals surface area contributed by atoms with Crippen molar-refractivity contribution >= 4 is 23.6 Å². The number of aromatic hydroxyl groups is 2. The van der Waals surface area contributed by atoms with E-state index in [1.165, 1.54) is 45.8 Å². The second-order valence-corrected chi connectivity index (χ2v) is 16.7. The number of benzene rings is 2. The summed E-state index contributed by atoms with van der Waals surface area (Å²) in [5, 5.41) is 26.5. The van der Waals surface area contributed by atoms with Crippen LogP contribution in [0.15, 0.2) is 70.5 Å². The van der Waals surface area contributed by atoms with Crippen molar-refractivity contribution in [3.05, 3.63) is 127 Å². The molecule has 18 heteroatoms. The van der Waals surface area contributed by atoms with Crippen LogP contribution in [-0.4, -0.2) is 89.5 Å². The number of aromatic nitrogens is 2. The maximum atomic E-state index is 13.1. The summed E-state index contributed by atoms with van der Waals surface area (Å²) in [6.07, 6.45) is 6.78. The average molecular weight is 855 g/mol. The van der Waals surface area contributed by atoms with E-state index in [-0.39, 0.29) is 59.9 Å². The van der Waals surface area contributed by atoms with E-state index in [4.69, 9.17) is 9.47 Å². The van der Waals surface area contributed by atoms with Gasteiger partial charge < -0.3 is 49.3 Å². The normalized spacial score (nSPS) is 25.0. The number of carbonyl (C=O) groups is 4. The molecule has 2 saturated carbocycles. The predicted octanol–water partition coefficient (Wildman–Crippen LogP) is 3.83. The maximum Gasteiger partial charge on any atom is 0.276 e. The lowest BCUT2D eigenvalue weighted by atomic mass is 10.1. The first-order valence-electron chi connectivity index (χ1n) is 20.7. The quantitative estimate of drug-likeness (QED) is 0.221. The summed E-state index contributed by atoms with van der Waals surface area (Å²) in [5.74, 6) is -4.53. The number of carbonyl (C=O) groups excluding carboxylic acids is 4. The lowest BCUT2D eigenvalue weighted by molar-refractivity contribution is -0.132. The van der Waals surface area contributed by atoms with Crippen molar-refractivity contribution in [1.29, 1.82) is 0 Å². The van der Waals surface area contributed by atoms with Gasteiger partial charge in [0.15, 0.2) is 35.3 Å². The molecule has 4 aromatic rings. The first-order chi connectivity index (χ1) is 29.7. The fourth-order valence-corrected chi connectivity index (χ4v) is 9.65. The zero-order valence-corrected chi connectivity index (χ0v) is 33.8. The molecule has 10 rings (SSSR count). The van der Waals surface area contributed by atoms with Crippen LogP contribution >= 0.6 is 0 Å². The summed E-state index contributed by atoms with van der Waals surface area (Å²) in [7, 11) is 0. The van der Waals surface area contributed by atoms with Crippen molar-refractivity contribution in [2.75, 3.05) is 0 Å². The number of amides is 4. The van der Waals surface area contributed by atoms with Gasteiger partial charge in [-0.3, -0.25) is 28.8 Å². The Labute approximate surface area is 352 Å². The topological polar surface area (TPSA) is 202 Å². The van der Waals surface area contributed by atoms with Crippen LogP contribution in [0.1, 0.15) is 117 Å². The van der Waals surface area contributed by atoms with Crippen LogP contribution in [-0.2, 0) is 22.6 Å². The highest BCUT2D eigenvalue weighted by molar-refractivity contribution is 6.00. The molecular formula is C44H44F2N6O10. The van der Waals surface area contributed by atoms with E-state index < -0.39 is 82.2 Å². The molecule has 0 unspecified atom stereocenters. The maximum absolute atomic E-state index is 13.1. The Morgan fingerprint density at radius 3 is 1.37 bits per heavy atom. The van der Waals surface area contributed by atoms with E-state index >= 15 is 0 Å². The molecule has 4 amide bonds. The zero-order valence-electron chi connectivity index (χ0n) is 33.8. The Balaban J connectivity index is 0.000000158. The lowest BCUT2D eigenvalue weighted by Crippen LogP contribution is -2.57. The fraction of sp³-hybridized carbons (Fsp3) is 0.409. The zero-order chi connectivity index (χ0) is 43.7. The minimum atomic E-state index is -0.899. The molecule has 324 valence electrons. The minimum Gasteiger partial charge on any atom is -0.503 e. The molecule has 16 nitrogen and oxygen atoms in total. The van der Waals surface area contributed by atoms with Crippen molar-refractivity contribution in [3.8, 4) is 11.5 Å².